The third-order valence-electron chi connectivity index (χ3n) is 2.56. The lowest BCUT2D eigenvalue weighted by atomic mass is 10.2. The average molecular weight is 272 g/mol. The molecule has 0 bridgehead atoms. The molecule has 0 aliphatic rings. The van der Waals surface area contributed by atoms with Crippen LogP contribution in [0.3, 0.4) is 0 Å². The predicted octanol–water partition coefficient (Wildman–Crippen LogP) is 1.89. The Morgan fingerprint density at radius 1 is 1.39 bits per heavy atom. The van der Waals surface area contributed by atoms with Crippen molar-refractivity contribution in [2.45, 2.75) is 32.7 Å². The molecule has 1 N–H and O–H groups in total. The Morgan fingerprint density at radius 3 is 2.94 bits per heavy atom. The van der Waals surface area contributed by atoms with E-state index in [9.17, 15) is 0 Å². The summed E-state index contributed by atoms with van der Waals surface area (Å²) in [4.78, 5) is 4.62. The zero-order valence-corrected chi connectivity index (χ0v) is 12.4. The second-order valence-corrected chi connectivity index (χ2v) is 5.19. The van der Waals surface area contributed by atoms with Gasteiger partial charge in [0.15, 0.2) is 0 Å². The first-order valence-electron chi connectivity index (χ1n) is 6.49. The molecule has 104 valence electrons. The highest BCUT2D eigenvalue weighted by Gasteiger charge is 2.06. The molecule has 18 heavy (non-hydrogen) atoms. The summed E-state index contributed by atoms with van der Waals surface area (Å²) in [5, 5.41) is 6.71. The van der Waals surface area contributed by atoms with E-state index in [1.807, 2.05) is 0 Å². The van der Waals surface area contributed by atoms with Crippen molar-refractivity contribution < 1.29 is 9.47 Å². The summed E-state index contributed by atoms with van der Waals surface area (Å²) >= 11 is 1.72. The Bertz CT molecular complexity index is 318. The molecule has 0 saturated carbocycles. The van der Waals surface area contributed by atoms with Gasteiger partial charge in [0.2, 0.25) is 0 Å². The molecule has 1 atom stereocenters. The fraction of sp³-hybridized carbons (Fsp3) is 0.769. The molecule has 0 aliphatic carbocycles. The zero-order valence-electron chi connectivity index (χ0n) is 11.6. The van der Waals surface area contributed by atoms with Crippen molar-refractivity contribution in [3.05, 3.63) is 16.1 Å². The molecule has 1 aromatic heterocycles. The molecule has 0 aliphatic heterocycles. The molecule has 0 aromatic carbocycles. The van der Waals surface area contributed by atoms with Crippen LogP contribution in [0, 0.1) is 0 Å². The maximum absolute atomic E-state index is 5.44. The Balaban J connectivity index is 2.21. The van der Waals surface area contributed by atoms with E-state index < -0.39 is 0 Å². The van der Waals surface area contributed by atoms with Gasteiger partial charge < -0.3 is 14.8 Å². The van der Waals surface area contributed by atoms with Gasteiger partial charge in [-0.2, -0.15) is 0 Å². The number of likely N-dealkylation sites (N-methyl/N-ethyl adjacent to an activating group) is 1. The molecule has 1 aromatic rings. The van der Waals surface area contributed by atoms with Gasteiger partial charge in [-0.3, -0.25) is 0 Å². The van der Waals surface area contributed by atoms with E-state index in [4.69, 9.17) is 9.47 Å². The van der Waals surface area contributed by atoms with Crippen molar-refractivity contribution in [3.63, 3.8) is 0 Å². The molecule has 0 saturated heterocycles. The van der Waals surface area contributed by atoms with Crippen LogP contribution in [-0.2, 0) is 22.3 Å². The topological polar surface area (TPSA) is 43.4 Å². The van der Waals surface area contributed by atoms with Crippen LogP contribution in [-0.4, -0.2) is 44.5 Å². The molecular formula is C13H24N2O2S. The number of ether oxygens (including phenoxy) is 2. The number of nitrogens with zero attached hydrogens (tertiary/aromatic N) is 1. The van der Waals surface area contributed by atoms with Crippen LogP contribution in [0.25, 0.3) is 0 Å². The summed E-state index contributed by atoms with van der Waals surface area (Å²) in [7, 11) is 1.68. The summed E-state index contributed by atoms with van der Waals surface area (Å²) in [6.07, 6.45) is 1.89. The summed E-state index contributed by atoms with van der Waals surface area (Å²) in [5.74, 6) is 0. The first kappa shape index (κ1) is 15.6. The second-order valence-electron chi connectivity index (χ2n) is 4.25. The van der Waals surface area contributed by atoms with Crippen LogP contribution >= 0.6 is 11.3 Å². The van der Waals surface area contributed by atoms with E-state index in [0.717, 1.165) is 31.0 Å². The normalized spacial score (nSPS) is 12.8. The van der Waals surface area contributed by atoms with Crippen molar-refractivity contribution in [1.82, 2.24) is 10.3 Å². The largest absolute Gasteiger partial charge is 0.382 e. The van der Waals surface area contributed by atoms with E-state index in [1.165, 1.54) is 5.69 Å². The van der Waals surface area contributed by atoms with E-state index >= 15 is 0 Å². The van der Waals surface area contributed by atoms with E-state index in [0.29, 0.717) is 19.3 Å². The second kappa shape index (κ2) is 9.44. The van der Waals surface area contributed by atoms with Crippen LogP contribution in [0.4, 0.5) is 0 Å². The lowest BCUT2D eigenvalue weighted by Crippen LogP contribution is -2.27. The van der Waals surface area contributed by atoms with Gasteiger partial charge in [0, 0.05) is 31.4 Å². The number of hydrogen-bond donors (Lipinski definition) is 1. The summed E-state index contributed by atoms with van der Waals surface area (Å²) < 4.78 is 10.4. The monoisotopic (exact) mass is 272 g/mol. The Labute approximate surface area is 114 Å². The van der Waals surface area contributed by atoms with Crippen molar-refractivity contribution >= 4 is 11.3 Å². The van der Waals surface area contributed by atoms with Gasteiger partial charge in [-0.1, -0.05) is 6.92 Å². The number of aromatic nitrogens is 1. The SMILES string of the molecule is CCNC(C)Cc1csc(CCOCCOC)n1. The lowest BCUT2D eigenvalue weighted by Gasteiger charge is -2.09. The van der Waals surface area contributed by atoms with Crippen LogP contribution in [0.15, 0.2) is 5.38 Å². The minimum Gasteiger partial charge on any atom is -0.382 e. The molecule has 0 spiro atoms. The highest BCUT2D eigenvalue weighted by molar-refractivity contribution is 7.09. The van der Waals surface area contributed by atoms with Gasteiger partial charge in [-0.25, -0.2) is 4.98 Å². The van der Waals surface area contributed by atoms with Crippen molar-refractivity contribution in [2.75, 3.05) is 33.5 Å². The average Bonchev–Trinajstić information content (AvgIpc) is 2.77. The van der Waals surface area contributed by atoms with E-state index in [2.05, 4.69) is 29.5 Å². The number of rotatable bonds is 10. The van der Waals surface area contributed by atoms with Gasteiger partial charge in [-0.05, 0) is 13.5 Å². The fourth-order valence-electron chi connectivity index (χ4n) is 1.70. The summed E-state index contributed by atoms with van der Waals surface area (Å²) in [6.45, 7) is 7.36. The molecule has 0 fully saturated rings. The molecule has 1 heterocycles. The van der Waals surface area contributed by atoms with Gasteiger partial charge >= 0.3 is 0 Å². The molecule has 4 nitrogen and oxygen atoms in total. The van der Waals surface area contributed by atoms with Gasteiger partial charge in [-0.15, -0.1) is 11.3 Å². The smallest absolute Gasteiger partial charge is 0.0951 e. The fourth-order valence-corrected chi connectivity index (χ4v) is 2.49. The van der Waals surface area contributed by atoms with E-state index in [-0.39, 0.29) is 0 Å². The third-order valence-corrected chi connectivity index (χ3v) is 3.52. The number of thiazole rings is 1. The molecule has 1 rings (SSSR count). The van der Waals surface area contributed by atoms with Gasteiger partial charge in [0.05, 0.1) is 30.5 Å². The van der Waals surface area contributed by atoms with Gasteiger partial charge in [0.25, 0.3) is 0 Å². The predicted molar refractivity (Wildman–Crippen MR) is 75.4 cm³/mol. The van der Waals surface area contributed by atoms with Crippen LogP contribution < -0.4 is 5.32 Å². The highest BCUT2D eigenvalue weighted by atomic mass is 32.1. The van der Waals surface area contributed by atoms with Crippen molar-refractivity contribution in [2.24, 2.45) is 0 Å². The molecule has 5 heteroatoms. The maximum Gasteiger partial charge on any atom is 0.0951 e. The van der Waals surface area contributed by atoms with E-state index in [1.54, 1.807) is 18.4 Å². The summed E-state index contributed by atoms with van der Waals surface area (Å²) in [5.41, 5.74) is 1.18. The van der Waals surface area contributed by atoms with Crippen molar-refractivity contribution in [3.8, 4) is 0 Å². The quantitative estimate of drug-likeness (QED) is 0.661. The minimum atomic E-state index is 0.489. The van der Waals surface area contributed by atoms with Crippen molar-refractivity contribution in [1.29, 1.82) is 0 Å². The minimum absolute atomic E-state index is 0.489. The Morgan fingerprint density at radius 2 is 2.22 bits per heavy atom. The zero-order chi connectivity index (χ0) is 13.2. The Kier molecular flexibility index (Phi) is 8.17. The van der Waals surface area contributed by atoms with Gasteiger partial charge in [0.1, 0.15) is 0 Å². The molecule has 0 radical (unpaired) electrons. The third kappa shape index (κ3) is 6.44. The lowest BCUT2D eigenvalue weighted by molar-refractivity contribution is 0.0722. The highest BCUT2D eigenvalue weighted by Crippen LogP contribution is 2.12. The standard InChI is InChI=1S/C13H24N2O2S/c1-4-14-11(2)9-12-10-18-13(15-12)5-6-17-8-7-16-3/h10-11,14H,4-9H2,1-3H3. The molecule has 0 amide bonds. The van der Waals surface area contributed by atoms with Crippen LogP contribution in [0.2, 0.25) is 0 Å². The first-order valence-corrected chi connectivity index (χ1v) is 7.37. The molecular weight excluding hydrogens is 248 g/mol. The summed E-state index contributed by atoms with van der Waals surface area (Å²) in [6, 6.07) is 0.489. The number of nitrogens with one attached hydrogen (secondary N) is 1. The Hall–Kier alpha value is -0.490. The first-order chi connectivity index (χ1) is 8.76. The number of hydrogen-bond acceptors (Lipinski definition) is 5. The van der Waals surface area contributed by atoms with Crippen LogP contribution in [0.5, 0.6) is 0 Å². The number of methoxy groups -OCH3 is 1. The maximum atomic E-state index is 5.44. The molecule has 1 unspecified atom stereocenters. The van der Waals surface area contributed by atoms with Crippen LogP contribution in [0.1, 0.15) is 24.5 Å².